The predicted octanol–water partition coefficient (Wildman–Crippen LogP) is 5.48. The first kappa shape index (κ1) is 19.6. The van der Waals surface area contributed by atoms with Crippen LogP contribution in [0, 0.1) is 0 Å². The number of amides is 1. The Morgan fingerprint density at radius 1 is 1.31 bits per heavy atom. The number of halogens is 2. The van der Waals surface area contributed by atoms with Crippen molar-refractivity contribution in [3.05, 3.63) is 68.6 Å². The van der Waals surface area contributed by atoms with Gasteiger partial charge in [0.05, 0.1) is 30.2 Å². The molecule has 0 saturated carbocycles. The fourth-order valence-electron chi connectivity index (χ4n) is 2.81. The number of thiophene rings is 1. The number of aromatic amines is 1. The Kier molecular flexibility index (Phi) is 5.66. The minimum Gasteiger partial charge on any atom is -0.497 e. The van der Waals surface area contributed by atoms with E-state index in [0.717, 1.165) is 37.1 Å². The molecule has 0 radical (unpaired) electrons. The maximum absolute atomic E-state index is 12.5. The number of H-pyrrole nitrogens is 1. The molecule has 1 amide bonds. The molecule has 0 aliphatic rings. The molecule has 0 aliphatic heterocycles. The predicted molar refractivity (Wildman–Crippen MR) is 120 cm³/mol. The quantitative estimate of drug-likeness (QED) is 0.288. The summed E-state index contributed by atoms with van der Waals surface area (Å²) < 4.78 is 6.95. The summed E-state index contributed by atoms with van der Waals surface area (Å²) in [6.07, 6.45) is 3.18. The fraction of sp³-hybridized carbons (Fsp3) is 0.0500. The second-order valence-electron chi connectivity index (χ2n) is 5.99. The molecule has 146 valence electrons. The molecule has 2 aromatic heterocycles. The van der Waals surface area contributed by atoms with Crippen molar-refractivity contribution in [1.82, 2.24) is 15.6 Å². The maximum Gasteiger partial charge on any atom is 0.283 e. The van der Waals surface area contributed by atoms with Gasteiger partial charge in [0.1, 0.15) is 10.6 Å². The normalized spacial score (nSPS) is 11.3. The van der Waals surface area contributed by atoms with Gasteiger partial charge in [0.25, 0.3) is 5.91 Å². The molecule has 0 unspecified atom stereocenters. The Labute approximate surface area is 183 Å². The molecule has 4 rings (SSSR count). The van der Waals surface area contributed by atoms with E-state index in [9.17, 15) is 4.79 Å². The van der Waals surface area contributed by atoms with Gasteiger partial charge in [0.15, 0.2) is 0 Å². The molecule has 0 spiro atoms. The number of ether oxygens (including phenoxy) is 1. The molecular formula is C20H14BrClN4O2S. The van der Waals surface area contributed by atoms with Crippen molar-refractivity contribution in [2.45, 2.75) is 0 Å². The molecule has 2 heterocycles. The van der Waals surface area contributed by atoms with Crippen LogP contribution in [0.15, 0.2) is 58.2 Å². The van der Waals surface area contributed by atoms with Crippen LogP contribution in [0.4, 0.5) is 0 Å². The highest BCUT2D eigenvalue weighted by Gasteiger charge is 2.18. The summed E-state index contributed by atoms with van der Waals surface area (Å²) in [6.45, 7) is 0. The number of hydrazone groups is 1. The molecule has 0 saturated heterocycles. The van der Waals surface area contributed by atoms with Gasteiger partial charge >= 0.3 is 0 Å². The summed E-state index contributed by atoms with van der Waals surface area (Å²) in [7, 11) is 1.62. The van der Waals surface area contributed by atoms with Gasteiger partial charge in [-0.05, 0) is 36.4 Å². The van der Waals surface area contributed by atoms with Gasteiger partial charge in [-0.1, -0.05) is 33.6 Å². The van der Waals surface area contributed by atoms with Crippen molar-refractivity contribution in [3.8, 4) is 17.0 Å². The largest absolute Gasteiger partial charge is 0.497 e. The van der Waals surface area contributed by atoms with Gasteiger partial charge < -0.3 is 4.74 Å². The Morgan fingerprint density at radius 3 is 2.83 bits per heavy atom. The van der Waals surface area contributed by atoms with Crippen molar-refractivity contribution >= 4 is 61.1 Å². The van der Waals surface area contributed by atoms with E-state index in [1.165, 1.54) is 17.6 Å². The van der Waals surface area contributed by atoms with Crippen LogP contribution >= 0.6 is 38.9 Å². The molecule has 2 N–H and O–H groups in total. The zero-order valence-electron chi connectivity index (χ0n) is 15.1. The van der Waals surface area contributed by atoms with E-state index in [2.05, 4.69) is 36.7 Å². The first-order valence-electron chi connectivity index (χ1n) is 8.46. The molecule has 6 nitrogen and oxygen atoms in total. The monoisotopic (exact) mass is 488 g/mol. The van der Waals surface area contributed by atoms with Crippen molar-refractivity contribution in [1.29, 1.82) is 0 Å². The van der Waals surface area contributed by atoms with Gasteiger partial charge in [-0.2, -0.15) is 10.2 Å². The third kappa shape index (κ3) is 3.91. The van der Waals surface area contributed by atoms with Gasteiger partial charge in [-0.3, -0.25) is 9.89 Å². The van der Waals surface area contributed by atoms with Crippen molar-refractivity contribution < 1.29 is 9.53 Å². The van der Waals surface area contributed by atoms with E-state index in [-0.39, 0.29) is 5.91 Å². The summed E-state index contributed by atoms with van der Waals surface area (Å²) in [4.78, 5) is 13.0. The Morgan fingerprint density at radius 2 is 2.10 bits per heavy atom. The highest BCUT2D eigenvalue weighted by molar-refractivity contribution is 9.10. The lowest BCUT2D eigenvalue weighted by molar-refractivity contribution is 0.0959. The Bertz CT molecular complexity index is 1220. The van der Waals surface area contributed by atoms with Crippen LogP contribution in [0.25, 0.3) is 21.3 Å². The number of benzene rings is 2. The first-order chi connectivity index (χ1) is 14.1. The molecular weight excluding hydrogens is 476 g/mol. The van der Waals surface area contributed by atoms with E-state index in [0.29, 0.717) is 9.90 Å². The number of hydrogen-bond acceptors (Lipinski definition) is 5. The van der Waals surface area contributed by atoms with Crippen molar-refractivity contribution in [2.24, 2.45) is 5.10 Å². The van der Waals surface area contributed by atoms with Crippen LogP contribution in [-0.2, 0) is 0 Å². The zero-order chi connectivity index (χ0) is 20.4. The molecule has 4 aromatic rings. The number of hydrogen-bond donors (Lipinski definition) is 2. The minimum atomic E-state index is -0.367. The summed E-state index contributed by atoms with van der Waals surface area (Å²) in [6, 6.07) is 13.3. The van der Waals surface area contributed by atoms with E-state index in [1.807, 2.05) is 42.5 Å². The third-order valence-corrected chi connectivity index (χ3v) is 6.53. The minimum absolute atomic E-state index is 0.367. The molecule has 0 atom stereocenters. The fourth-order valence-corrected chi connectivity index (χ4v) is 5.09. The molecule has 2 aromatic carbocycles. The second kappa shape index (κ2) is 8.36. The highest BCUT2D eigenvalue weighted by atomic mass is 79.9. The summed E-state index contributed by atoms with van der Waals surface area (Å²) >= 11 is 11.2. The van der Waals surface area contributed by atoms with Gasteiger partial charge in [-0.25, -0.2) is 5.43 Å². The number of fused-ring (bicyclic) bond motifs is 1. The average Bonchev–Trinajstić information content (AvgIpc) is 3.33. The summed E-state index contributed by atoms with van der Waals surface area (Å²) in [5.74, 6) is 0.399. The topological polar surface area (TPSA) is 79.4 Å². The van der Waals surface area contributed by atoms with E-state index in [1.54, 1.807) is 13.3 Å². The third-order valence-electron chi connectivity index (χ3n) is 4.23. The number of carbonyl (C=O) groups is 1. The molecule has 0 fully saturated rings. The second-order valence-corrected chi connectivity index (χ2v) is 8.27. The van der Waals surface area contributed by atoms with E-state index < -0.39 is 0 Å². The van der Waals surface area contributed by atoms with Crippen LogP contribution in [0.1, 0.15) is 15.2 Å². The lowest BCUT2D eigenvalue weighted by atomic mass is 10.1. The number of carbonyl (C=O) groups excluding carboxylic acids is 1. The molecule has 0 aliphatic carbocycles. The van der Waals surface area contributed by atoms with Gasteiger partial charge in [0.2, 0.25) is 0 Å². The first-order valence-corrected chi connectivity index (χ1v) is 10.4. The number of nitrogens with one attached hydrogen (secondary N) is 2. The molecule has 0 bridgehead atoms. The Balaban J connectivity index is 1.53. The van der Waals surface area contributed by atoms with Crippen molar-refractivity contribution in [2.75, 3.05) is 7.11 Å². The number of nitrogens with zero attached hydrogens (tertiary/aromatic N) is 2. The van der Waals surface area contributed by atoms with Crippen LogP contribution in [0.5, 0.6) is 5.75 Å². The number of methoxy groups -OCH3 is 1. The zero-order valence-corrected chi connectivity index (χ0v) is 18.2. The average molecular weight is 490 g/mol. The van der Waals surface area contributed by atoms with Crippen molar-refractivity contribution in [3.63, 3.8) is 0 Å². The smallest absolute Gasteiger partial charge is 0.283 e. The van der Waals surface area contributed by atoms with Crippen LogP contribution in [0.3, 0.4) is 0 Å². The maximum atomic E-state index is 12.5. The lowest BCUT2D eigenvalue weighted by Gasteiger charge is -2.02. The van der Waals surface area contributed by atoms with Crippen LogP contribution in [0.2, 0.25) is 5.02 Å². The van der Waals surface area contributed by atoms with E-state index in [4.69, 9.17) is 16.3 Å². The van der Waals surface area contributed by atoms with Gasteiger partial charge in [-0.15, -0.1) is 11.3 Å². The summed E-state index contributed by atoms with van der Waals surface area (Å²) in [5.41, 5.74) is 4.98. The SMILES string of the molecule is COc1ccc(-c2[nH]ncc2C=NNC(=O)c2sc3cccc(Br)c3c2Cl)cc1. The number of rotatable bonds is 5. The lowest BCUT2D eigenvalue weighted by Crippen LogP contribution is -2.16. The standard InChI is InChI=1S/C20H14BrClN4O2S/c1-28-13-7-5-11(6-8-13)18-12(9-23-25-18)10-24-26-20(27)19-17(22)16-14(21)3-2-4-15(16)29-19/h2-10H,1H3,(H,23,25)(H,26,27). The highest BCUT2D eigenvalue weighted by Crippen LogP contribution is 2.39. The van der Waals surface area contributed by atoms with Crippen LogP contribution < -0.4 is 10.2 Å². The number of aromatic nitrogens is 2. The van der Waals surface area contributed by atoms with Crippen LogP contribution in [-0.4, -0.2) is 29.4 Å². The molecule has 9 heteroatoms. The summed E-state index contributed by atoms with van der Waals surface area (Å²) in [5, 5.41) is 12.3. The molecule has 29 heavy (non-hydrogen) atoms. The van der Waals surface area contributed by atoms with Gasteiger partial charge in [0, 0.05) is 25.7 Å². The Hall–Kier alpha value is -2.68. The van der Waals surface area contributed by atoms with E-state index >= 15 is 0 Å².